The van der Waals surface area contributed by atoms with Gasteiger partial charge in [-0.1, -0.05) is 24.3 Å². The van der Waals surface area contributed by atoms with Gasteiger partial charge in [-0.3, -0.25) is 29.7 Å². The maximum absolute atomic E-state index is 13.3. The average Bonchev–Trinajstić information content (AvgIpc) is 2.98. The summed E-state index contributed by atoms with van der Waals surface area (Å²) in [5.74, 6) is -0.153. The van der Waals surface area contributed by atoms with Crippen LogP contribution in [0.25, 0.3) is 10.9 Å². The fraction of sp³-hybridized carbons (Fsp3) is 0.290. The molecule has 4 aromatic rings. The minimum absolute atomic E-state index is 0.00678. The lowest BCUT2D eigenvalue weighted by molar-refractivity contribution is -0.131. The number of carbonyl (C=O) groups is 2. The molecule has 0 unspecified atom stereocenters. The first-order valence-electron chi connectivity index (χ1n) is 13.4. The number of para-hydroxylation sites is 1. The van der Waals surface area contributed by atoms with E-state index in [9.17, 15) is 9.59 Å². The van der Waals surface area contributed by atoms with E-state index in [2.05, 4.69) is 20.2 Å². The molecule has 40 heavy (non-hydrogen) atoms. The summed E-state index contributed by atoms with van der Waals surface area (Å²) < 4.78 is 6.04. The molecular formula is C31H33N5O4. The molecule has 9 heteroatoms. The number of hydrogen-bond donors (Lipinski definition) is 3. The van der Waals surface area contributed by atoms with Crippen LogP contribution in [0.4, 0.5) is 0 Å². The molecule has 3 N–H and O–H groups in total. The highest BCUT2D eigenvalue weighted by molar-refractivity contribution is 5.95. The van der Waals surface area contributed by atoms with Crippen LogP contribution in [-0.2, 0) is 17.9 Å². The van der Waals surface area contributed by atoms with Crippen LogP contribution in [0.5, 0.6) is 5.75 Å². The molecular weight excluding hydrogens is 506 g/mol. The quantitative estimate of drug-likeness (QED) is 0.216. The van der Waals surface area contributed by atoms with Gasteiger partial charge in [-0.05, 0) is 68.3 Å². The third-order valence-corrected chi connectivity index (χ3v) is 7.37. The van der Waals surface area contributed by atoms with Crippen LogP contribution in [-0.4, -0.2) is 50.5 Å². The summed E-state index contributed by atoms with van der Waals surface area (Å²) >= 11 is 0. The van der Waals surface area contributed by atoms with Gasteiger partial charge in [0.1, 0.15) is 12.4 Å². The van der Waals surface area contributed by atoms with Gasteiger partial charge in [-0.25, -0.2) is 5.48 Å². The molecule has 1 aliphatic rings. The number of pyridine rings is 2. The number of ether oxygens (including phenoxy) is 1. The predicted octanol–water partition coefficient (Wildman–Crippen LogP) is 4.18. The SMILES string of the molecule is Cc1cc(COc2ccc(C(=O)NC3(CC(=O)NO)CCN(Cc4ccccn4)CC3)cc2)c2ccccc2n1. The molecule has 0 bridgehead atoms. The summed E-state index contributed by atoms with van der Waals surface area (Å²) in [5, 5.41) is 13.3. The molecule has 5 rings (SSSR count). The molecule has 0 spiro atoms. The maximum Gasteiger partial charge on any atom is 0.251 e. The number of rotatable bonds is 9. The molecule has 1 fully saturated rings. The number of benzene rings is 2. The van der Waals surface area contributed by atoms with Crippen molar-refractivity contribution in [3.05, 3.63) is 102 Å². The smallest absolute Gasteiger partial charge is 0.251 e. The molecule has 0 radical (unpaired) electrons. The van der Waals surface area contributed by atoms with Crippen molar-refractivity contribution < 1.29 is 19.5 Å². The van der Waals surface area contributed by atoms with Crippen LogP contribution >= 0.6 is 0 Å². The molecule has 1 aliphatic heterocycles. The Morgan fingerprint density at radius 3 is 2.50 bits per heavy atom. The number of nitrogens with zero attached hydrogens (tertiary/aromatic N) is 3. The Kier molecular flexibility index (Phi) is 8.33. The number of amides is 2. The van der Waals surface area contributed by atoms with E-state index in [1.807, 2.05) is 55.5 Å². The number of hydroxylamine groups is 1. The zero-order valence-corrected chi connectivity index (χ0v) is 22.5. The van der Waals surface area contributed by atoms with Crippen molar-refractivity contribution in [1.29, 1.82) is 0 Å². The first-order valence-corrected chi connectivity index (χ1v) is 13.4. The largest absolute Gasteiger partial charge is 0.489 e. The number of hydrogen-bond acceptors (Lipinski definition) is 7. The molecule has 2 aromatic heterocycles. The molecule has 1 saturated heterocycles. The van der Waals surface area contributed by atoms with E-state index in [1.165, 1.54) is 0 Å². The minimum atomic E-state index is -0.764. The van der Waals surface area contributed by atoms with Gasteiger partial charge in [0.25, 0.3) is 5.91 Å². The van der Waals surface area contributed by atoms with E-state index in [0.717, 1.165) is 27.9 Å². The molecule has 9 nitrogen and oxygen atoms in total. The van der Waals surface area contributed by atoms with Crippen LogP contribution in [0.3, 0.4) is 0 Å². The van der Waals surface area contributed by atoms with Gasteiger partial charge in [0.15, 0.2) is 0 Å². The van der Waals surface area contributed by atoms with Crippen LogP contribution in [0.1, 0.15) is 46.6 Å². The molecule has 3 heterocycles. The zero-order valence-electron chi connectivity index (χ0n) is 22.5. The standard InChI is InChI=1S/C31H33N5O4/c1-22-18-24(27-7-2-3-8-28(27)33-22)21-40-26-11-9-23(10-12-26)30(38)34-31(19-29(37)35-39)13-16-36(17-14-31)20-25-6-4-5-15-32-25/h2-12,15,18,39H,13-14,16-17,19-21H2,1H3,(H,34,38)(H,35,37). The molecule has 2 amide bonds. The summed E-state index contributed by atoms with van der Waals surface area (Å²) in [4.78, 5) is 36.6. The van der Waals surface area contributed by atoms with Crippen molar-refractivity contribution in [3.8, 4) is 5.75 Å². The summed E-state index contributed by atoms with van der Waals surface area (Å²) in [6.07, 6.45) is 2.90. The van der Waals surface area contributed by atoms with Crippen LogP contribution in [0.2, 0.25) is 0 Å². The molecule has 0 saturated carbocycles. The van der Waals surface area contributed by atoms with Crippen LogP contribution < -0.4 is 15.5 Å². The highest BCUT2D eigenvalue weighted by atomic mass is 16.5. The lowest BCUT2D eigenvalue weighted by atomic mass is 9.83. The zero-order chi connectivity index (χ0) is 28.0. The van der Waals surface area contributed by atoms with E-state index >= 15 is 0 Å². The maximum atomic E-state index is 13.3. The van der Waals surface area contributed by atoms with Gasteiger partial charge < -0.3 is 10.1 Å². The van der Waals surface area contributed by atoms with Crippen LogP contribution in [0, 0.1) is 6.92 Å². The van der Waals surface area contributed by atoms with Gasteiger partial charge in [-0.15, -0.1) is 0 Å². The Morgan fingerprint density at radius 1 is 1.02 bits per heavy atom. The fourth-order valence-corrected chi connectivity index (χ4v) is 5.24. The van der Waals surface area contributed by atoms with E-state index in [1.54, 1.807) is 35.9 Å². The first kappa shape index (κ1) is 27.2. The summed E-state index contributed by atoms with van der Waals surface area (Å²) in [7, 11) is 0. The third kappa shape index (κ3) is 6.62. The minimum Gasteiger partial charge on any atom is -0.489 e. The highest BCUT2D eigenvalue weighted by Gasteiger charge is 2.38. The van der Waals surface area contributed by atoms with Gasteiger partial charge in [0, 0.05) is 48.0 Å². The number of carbonyl (C=O) groups excluding carboxylic acids is 2. The van der Waals surface area contributed by atoms with Crippen molar-refractivity contribution in [3.63, 3.8) is 0 Å². The Balaban J connectivity index is 1.22. The average molecular weight is 540 g/mol. The van der Waals surface area contributed by atoms with Gasteiger partial charge in [0.05, 0.1) is 23.2 Å². The Bertz CT molecular complexity index is 1470. The van der Waals surface area contributed by atoms with Gasteiger partial charge in [-0.2, -0.15) is 0 Å². The van der Waals surface area contributed by atoms with Crippen molar-refractivity contribution in [2.24, 2.45) is 0 Å². The highest BCUT2D eigenvalue weighted by Crippen LogP contribution is 2.28. The number of aromatic nitrogens is 2. The van der Waals surface area contributed by atoms with Crippen molar-refractivity contribution in [2.45, 2.75) is 44.9 Å². The van der Waals surface area contributed by atoms with E-state index < -0.39 is 11.4 Å². The second-order valence-corrected chi connectivity index (χ2v) is 10.3. The Labute approximate surface area is 233 Å². The monoisotopic (exact) mass is 539 g/mol. The molecule has 0 atom stereocenters. The van der Waals surface area contributed by atoms with E-state index in [0.29, 0.717) is 50.4 Å². The topological polar surface area (TPSA) is 117 Å². The summed E-state index contributed by atoms with van der Waals surface area (Å²) in [5.41, 5.74) is 5.30. The number of nitrogens with one attached hydrogen (secondary N) is 2. The molecule has 2 aromatic carbocycles. The van der Waals surface area contributed by atoms with E-state index in [4.69, 9.17) is 9.94 Å². The third-order valence-electron chi connectivity index (χ3n) is 7.37. The summed E-state index contributed by atoms with van der Waals surface area (Å²) in [6.45, 7) is 4.42. The lowest BCUT2D eigenvalue weighted by Crippen LogP contribution is -2.57. The Hall–Kier alpha value is -4.34. The molecule has 0 aliphatic carbocycles. The van der Waals surface area contributed by atoms with Crippen molar-refractivity contribution in [1.82, 2.24) is 25.7 Å². The van der Waals surface area contributed by atoms with Crippen molar-refractivity contribution in [2.75, 3.05) is 13.1 Å². The predicted molar refractivity (Wildman–Crippen MR) is 151 cm³/mol. The first-order chi connectivity index (χ1) is 19.4. The number of likely N-dealkylation sites (tertiary alicyclic amines) is 1. The lowest BCUT2D eigenvalue weighted by Gasteiger charge is -2.42. The molecule has 206 valence electrons. The fourth-order valence-electron chi connectivity index (χ4n) is 5.24. The van der Waals surface area contributed by atoms with E-state index in [-0.39, 0.29) is 12.3 Å². The van der Waals surface area contributed by atoms with Gasteiger partial charge >= 0.3 is 0 Å². The second-order valence-electron chi connectivity index (χ2n) is 10.3. The Morgan fingerprint density at radius 2 is 1.77 bits per heavy atom. The van der Waals surface area contributed by atoms with Crippen LogP contribution in [0.15, 0.2) is 79.0 Å². The number of fused-ring (bicyclic) bond motifs is 1. The number of piperidine rings is 1. The van der Waals surface area contributed by atoms with Gasteiger partial charge in [0.2, 0.25) is 5.91 Å². The summed E-state index contributed by atoms with van der Waals surface area (Å²) in [6, 6.07) is 22.8. The normalized spacial score (nSPS) is 14.9. The number of aryl methyl sites for hydroxylation is 1. The van der Waals surface area contributed by atoms with Crippen molar-refractivity contribution >= 4 is 22.7 Å². The second kappa shape index (κ2) is 12.2.